The predicted octanol–water partition coefficient (Wildman–Crippen LogP) is 2.08. The van der Waals surface area contributed by atoms with Gasteiger partial charge in [0.2, 0.25) is 0 Å². The zero-order valence-corrected chi connectivity index (χ0v) is 13.7. The van der Waals surface area contributed by atoms with Crippen molar-refractivity contribution in [3.63, 3.8) is 0 Å². The van der Waals surface area contributed by atoms with Crippen LogP contribution in [0.2, 0.25) is 0 Å². The van der Waals surface area contributed by atoms with Crippen molar-refractivity contribution in [2.24, 2.45) is 0 Å². The zero-order valence-electron chi connectivity index (χ0n) is 13.7. The number of hydrogen-bond acceptors (Lipinski definition) is 6. The highest BCUT2D eigenvalue weighted by molar-refractivity contribution is 5.74. The van der Waals surface area contributed by atoms with Crippen LogP contribution >= 0.6 is 0 Å². The van der Waals surface area contributed by atoms with Crippen molar-refractivity contribution in [1.29, 1.82) is 0 Å². The van der Waals surface area contributed by atoms with Crippen LogP contribution in [0.4, 0.5) is 10.6 Å². The largest absolute Gasteiger partial charge is 0.444 e. The number of ether oxygens (including phenoxy) is 1. The van der Waals surface area contributed by atoms with E-state index in [4.69, 9.17) is 4.74 Å². The molecule has 0 N–H and O–H groups in total. The first-order valence-electron chi connectivity index (χ1n) is 7.72. The lowest BCUT2D eigenvalue weighted by molar-refractivity contribution is 0.0240. The van der Waals surface area contributed by atoms with E-state index in [1.165, 1.54) is 0 Å². The molecule has 0 atom stereocenters. The van der Waals surface area contributed by atoms with E-state index in [-0.39, 0.29) is 6.09 Å². The summed E-state index contributed by atoms with van der Waals surface area (Å²) in [5.74, 6) is 0.826. The maximum atomic E-state index is 12.1. The highest BCUT2D eigenvalue weighted by atomic mass is 16.6. The first-order chi connectivity index (χ1) is 10.9. The van der Waals surface area contributed by atoms with Crippen LogP contribution in [0.3, 0.4) is 0 Å². The van der Waals surface area contributed by atoms with Crippen LogP contribution in [0, 0.1) is 0 Å². The molecular weight excluding hydrogens is 294 g/mol. The molecule has 0 saturated carbocycles. The number of carbonyl (C=O) groups excluding carboxylic acids is 1. The number of aromatic nitrogens is 3. The van der Waals surface area contributed by atoms with Gasteiger partial charge < -0.3 is 14.5 Å². The Morgan fingerprint density at radius 1 is 1.13 bits per heavy atom. The molecule has 1 fully saturated rings. The van der Waals surface area contributed by atoms with Crippen LogP contribution in [0.1, 0.15) is 20.8 Å². The molecule has 0 unspecified atom stereocenters. The summed E-state index contributed by atoms with van der Waals surface area (Å²) in [6.07, 6.45) is 4.91. The molecule has 1 amide bonds. The second kappa shape index (κ2) is 5.98. The van der Waals surface area contributed by atoms with Crippen molar-refractivity contribution in [1.82, 2.24) is 19.9 Å². The van der Waals surface area contributed by atoms with Gasteiger partial charge in [-0.3, -0.25) is 4.98 Å². The molecule has 1 aliphatic rings. The topological polar surface area (TPSA) is 71.5 Å². The molecule has 122 valence electrons. The van der Waals surface area contributed by atoms with E-state index in [0.717, 1.165) is 16.9 Å². The van der Waals surface area contributed by atoms with E-state index < -0.39 is 5.60 Å². The fourth-order valence-corrected chi connectivity index (χ4v) is 2.45. The molecule has 23 heavy (non-hydrogen) atoms. The van der Waals surface area contributed by atoms with Gasteiger partial charge in [0.15, 0.2) is 0 Å². The van der Waals surface area contributed by atoms with Crippen LogP contribution in [0.15, 0.2) is 24.7 Å². The van der Waals surface area contributed by atoms with Crippen molar-refractivity contribution in [2.45, 2.75) is 26.4 Å². The normalized spacial score (nSPS) is 15.8. The highest BCUT2D eigenvalue weighted by Crippen LogP contribution is 2.17. The summed E-state index contributed by atoms with van der Waals surface area (Å²) < 4.78 is 5.41. The van der Waals surface area contributed by atoms with Crippen LogP contribution in [-0.4, -0.2) is 57.7 Å². The Labute approximate surface area is 135 Å². The standard InChI is InChI=1S/C16H21N5O2/c1-16(2,3)23-15(22)21-8-6-20(7-9-21)14-11-18-13-10-17-5-4-12(13)19-14/h4-5,10-11H,6-9H2,1-3H3. The van der Waals surface area contributed by atoms with E-state index in [1.807, 2.05) is 26.8 Å². The third kappa shape index (κ3) is 3.67. The molecule has 0 aliphatic carbocycles. The molecule has 0 aromatic carbocycles. The number of nitrogens with zero attached hydrogens (tertiary/aromatic N) is 5. The van der Waals surface area contributed by atoms with Gasteiger partial charge in [0.05, 0.1) is 17.9 Å². The molecule has 1 aliphatic heterocycles. The highest BCUT2D eigenvalue weighted by Gasteiger charge is 2.26. The third-order valence-electron chi connectivity index (χ3n) is 3.59. The molecule has 3 heterocycles. The minimum absolute atomic E-state index is 0.257. The molecule has 3 rings (SSSR count). The number of hydrogen-bond donors (Lipinski definition) is 0. The molecule has 0 spiro atoms. The van der Waals surface area contributed by atoms with Crippen LogP contribution < -0.4 is 4.90 Å². The Balaban J connectivity index is 1.65. The van der Waals surface area contributed by atoms with Gasteiger partial charge in [0, 0.05) is 32.4 Å². The summed E-state index contributed by atoms with van der Waals surface area (Å²) in [5, 5.41) is 0. The molecule has 7 nitrogen and oxygen atoms in total. The predicted molar refractivity (Wildman–Crippen MR) is 87.4 cm³/mol. The SMILES string of the molecule is CC(C)(C)OC(=O)N1CCN(c2cnc3cnccc3n2)CC1. The summed E-state index contributed by atoms with van der Waals surface area (Å²) in [6, 6.07) is 1.85. The van der Waals surface area contributed by atoms with Gasteiger partial charge in [0.1, 0.15) is 16.9 Å². The lowest BCUT2D eigenvalue weighted by Gasteiger charge is -2.36. The minimum atomic E-state index is -0.466. The van der Waals surface area contributed by atoms with Gasteiger partial charge in [0.25, 0.3) is 0 Å². The van der Waals surface area contributed by atoms with Gasteiger partial charge in [-0.25, -0.2) is 14.8 Å². The van der Waals surface area contributed by atoms with Gasteiger partial charge >= 0.3 is 6.09 Å². The van der Waals surface area contributed by atoms with Crippen molar-refractivity contribution >= 4 is 22.9 Å². The smallest absolute Gasteiger partial charge is 0.410 e. The van der Waals surface area contributed by atoms with Crippen LogP contribution in [-0.2, 0) is 4.74 Å². The Kier molecular flexibility index (Phi) is 4.02. The van der Waals surface area contributed by atoms with Crippen molar-refractivity contribution < 1.29 is 9.53 Å². The molecule has 0 bridgehead atoms. The average molecular weight is 315 g/mol. The Bertz CT molecular complexity index is 705. The lowest BCUT2D eigenvalue weighted by Crippen LogP contribution is -2.50. The second-order valence-electron chi connectivity index (χ2n) is 6.55. The fourth-order valence-electron chi connectivity index (χ4n) is 2.45. The summed E-state index contributed by atoms with van der Waals surface area (Å²) in [5.41, 5.74) is 1.14. The maximum absolute atomic E-state index is 12.1. The van der Waals surface area contributed by atoms with E-state index in [9.17, 15) is 4.79 Å². The molecule has 7 heteroatoms. The van der Waals surface area contributed by atoms with Crippen molar-refractivity contribution in [3.05, 3.63) is 24.7 Å². The minimum Gasteiger partial charge on any atom is -0.444 e. The number of piperazine rings is 1. The van der Waals surface area contributed by atoms with Crippen molar-refractivity contribution in [2.75, 3.05) is 31.1 Å². The number of pyridine rings is 1. The van der Waals surface area contributed by atoms with Gasteiger partial charge in [-0.05, 0) is 26.8 Å². The van der Waals surface area contributed by atoms with Gasteiger partial charge in [-0.2, -0.15) is 0 Å². The summed E-state index contributed by atoms with van der Waals surface area (Å²) in [6.45, 7) is 8.28. The molecule has 2 aromatic rings. The zero-order chi connectivity index (χ0) is 16.4. The Morgan fingerprint density at radius 2 is 1.87 bits per heavy atom. The summed E-state index contributed by atoms with van der Waals surface area (Å²) in [4.78, 5) is 29.0. The number of amides is 1. The van der Waals surface area contributed by atoms with E-state index in [2.05, 4.69) is 19.9 Å². The quantitative estimate of drug-likeness (QED) is 0.802. The average Bonchev–Trinajstić information content (AvgIpc) is 2.53. The van der Waals surface area contributed by atoms with E-state index in [1.54, 1.807) is 23.5 Å². The third-order valence-corrected chi connectivity index (χ3v) is 3.59. The van der Waals surface area contributed by atoms with Crippen LogP contribution in [0.5, 0.6) is 0 Å². The molecule has 0 radical (unpaired) electrons. The van der Waals surface area contributed by atoms with Crippen LogP contribution in [0.25, 0.3) is 11.0 Å². The van der Waals surface area contributed by atoms with Crippen molar-refractivity contribution in [3.8, 4) is 0 Å². The van der Waals surface area contributed by atoms with Gasteiger partial charge in [-0.15, -0.1) is 0 Å². The Hall–Kier alpha value is -2.44. The lowest BCUT2D eigenvalue weighted by atomic mass is 10.2. The number of fused-ring (bicyclic) bond motifs is 1. The number of carbonyl (C=O) groups is 1. The molecule has 1 saturated heterocycles. The monoisotopic (exact) mass is 315 g/mol. The fraction of sp³-hybridized carbons (Fsp3) is 0.500. The first-order valence-corrected chi connectivity index (χ1v) is 7.72. The molecular formula is C16H21N5O2. The maximum Gasteiger partial charge on any atom is 0.410 e. The number of anilines is 1. The molecule has 2 aromatic heterocycles. The van der Waals surface area contributed by atoms with E-state index in [0.29, 0.717) is 26.2 Å². The Morgan fingerprint density at radius 3 is 2.57 bits per heavy atom. The summed E-state index contributed by atoms with van der Waals surface area (Å²) >= 11 is 0. The summed E-state index contributed by atoms with van der Waals surface area (Å²) in [7, 11) is 0. The first kappa shape index (κ1) is 15.5. The van der Waals surface area contributed by atoms with E-state index >= 15 is 0 Å². The number of rotatable bonds is 1. The second-order valence-corrected chi connectivity index (χ2v) is 6.55. The van der Waals surface area contributed by atoms with Gasteiger partial charge in [-0.1, -0.05) is 0 Å².